The first kappa shape index (κ1) is 14.6. The minimum Gasteiger partial charge on any atom is -0.393 e. The highest BCUT2D eigenvalue weighted by atomic mass is 32.1. The van der Waals surface area contributed by atoms with Crippen molar-refractivity contribution in [3.8, 4) is 0 Å². The van der Waals surface area contributed by atoms with Gasteiger partial charge in [-0.1, -0.05) is 30.4 Å². The fourth-order valence-electron chi connectivity index (χ4n) is 1.44. The summed E-state index contributed by atoms with van der Waals surface area (Å²) in [5.41, 5.74) is 7.27. The molecule has 3 N–H and O–H groups in total. The van der Waals surface area contributed by atoms with Crippen LogP contribution in [0.3, 0.4) is 0 Å². The van der Waals surface area contributed by atoms with Crippen LogP contribution in [0, 0.1) is 5.92 Å². The second-order valence-electron chi connectivity index (χ2n) is 4.01. The Hall–Kier alpha value is -1.46. The largest absolute Gasteiger partial charge is 0.393 e. The Labute approximate surface area is 113 Å². The Morgan fingerprint density at radius 2 is 2.17 bits per heavy atom. The van der Waals surface area contributed by atoms with Crippen molar-refractivity contribution in [2.45, 2.75) is 13.3 Å². The predicted molar refractivity (Wildman–Crippen MR) is 76.6 cm³/mol. The molecular weight excluding hydrogens is 248 g/mol. The fraction of sp³-hybridized carbons (Fsp3) is 0.385. The molecule has 5 heteroatoms. The van der Waals surface area contributed by atoms with Crippen LogP contribution in [0.1, 0.15) is 12.5 Å². The molecule has 1 amide bonds. The molecule has 1 rings (SSSR count). The van der Waals surface area contributed by atoms with Gasteiger partial charge in [0, 0.05) is 12.8 Å². The summed E-state index contributed by atoms with van der Waals surface area (Å²) in [5, 5.41) is 2.84. The first-order chi connectivity index (χ1) is 8.56. The van der Waals surface area contributed by atoms with Crippen molar-refractivity contribution >= 4 is 28.8 Å². The fourth-order valence-corrected chi connectivity index (χ4v) is 1.55. The standard InChI is InChI=1S/C13H18N2O2S/c1-9(12(14)18)13(16)15-11-6-4-3-5-10(11)7-8-17-2/h3-6,9H,7-8H2,1-2H3,(H2,14,18)(H,15,16). The minimum atomic E-state index is -0.476. The van der Waals surface area contributed by atoms with E-state index in [-0.39, 0.29) is 10.9 Å². The second-order valence-corrected chi connectivity index (χ2v) is 4.48. The molecule has 18 heavy (non-hydrogen) atoms. The SMILES string of the molecule is COCCc1ccccc1NC(=O)C(C)C(N)=S. The number of rotatable bonds is 6. The number of hydrogen-bond acceptors (Lipinski definition) is 3. The number of thiocarbonyl (C=S) groups is 1. The Bertz CT molecular complexity index is 435. The highest BCUT2D eigenvalue weighted by Crippen LogP contribution is 2.16. The average molecular weight is 266 g/mol. The molecule has 98 valence electrons. The number of benzene rings is 1. The molecule has 1 atom stereocenters. The summed E-state index contributed by atoms with van der Waals surface area (Å²) in [6.45, 7) is 2.30. The van der Waals surface area contributed by atoms with E-state index in [1.54, 1.807) is 14.0 Å². The van der Waals surface area contributed by atoms with E-state index in [4.69, 9.17) is 22.7 Å². The van der Waals surface area contributed by atoms with E-state index >= 15 is 0 Å². The van der Waals surface area contributed by atoms with Gasteiger partial charge in [0.2, 0.25) is 5.91 Å². The van der Waals surface area contributed by atoms with Crippen molar-refractivity contribution in [1.29, 1.82) is 0 Å². The smallest absolute Gasteiger partial charge is 0.234 e. The van der Waals surface area contributed by atoms with E-state index in [1.165, 1.54) is 0 Å². The zero-order valence-electron chi connectivity index (χ0n) is 10.6. The second kappa shape index (κ2) is 7.08. The highest BCUT2D eigenvalue weighted by molar-refractivity contribution is 7.80. The molecule has 0 aliphatic rings. The lowest BCUT2D eigenvalue weighted by molar-refractivity contribution is -0.117. The van der Waals surface area contributed by atoms with Crippen LogP contribution in [0.4, 0.5) is 5.69 Å². The van der Waals surface area contributed by atoms with Gasteiger partial charge in [0.15, 0.2) is 0 Å². The molecule has 1 aromatic rings. The van der Waals surface area contributed by atoms with Gasteiger partial charge in [0.25, 0.3) is 0 Å². The van der Waals surface area contributed by atoms with Gasteiger partial charge in [-0.15, -0.1) is 0 Å². The van der Waals surface area contributed by atoms with Crippen LogP contribution in [-0.4, -0.2) is 24.6 Å². The van der Waals surface area contributed by atoms with Crippen LogP contribution in [0.5, 0.6) is 0 Å². The number of anilines is 1. The van der Waals surface area contributed by atoms with Gasteiger partial charge in [-0.25, -0.2) is 0 Å². The number of para-hydroxylation sites is 1. The lowest BCUT2D eigenvalue weighted by atomic mass is 10.1. The van der Waals surface area contributed by atoms with Crippen LogP contribution in [-0.2, 0) is 16.0 Å². The van der Waals surface area contributed by atoms with Crippen LogP contribution in [0.2, 0.25) is 0 Å². The average Bonchev–Trinajstić information content (AvgIpc) is 2.36. The number of nitrogens with one attached hydrogen (secondary N) is 1. The van der Waals surface area contributed by atoms with Crippen LogP contribution >= 0.6 is 12.2 Å². The number of carbonyl (C=O) groups excluding carboxylic acids is 1. The number of methoxy groups -OCH3 is 1. The third-order valence-corrected chi connectivity index (χ3v) is 3.02. The lowest BCUT2D eigenvalue weighted by Gasteiger charge is -2.13. The Morgan fingerprint density at radius 3 is 2.78 bits per heavy atom. The van der Waals surface area contributed by atoms with E-state index < -0.39 is 5.92 Å². The first-order valence-electron chi connectivity index (χ1n) is 5.73. The molecule has 0 fully saturated rings. The normalized spacial score (nSPS) is 11.9. The summed E-state index contributed by atoms with van der Waals surface area (Å²) in [6, 6.07) is 7.62. The third-order valence-electron chi connectivity index (χ3n) is 2.67. The van der Waals surface area contributed by atoms with E-state index in [0.29, 0.717) is 6.61 Å². The van der Waals surface area contributed by atoms with E-state index in [1.807, 2.05) is 24.3 Å². The van der Waals surface area contributed by atoms with Gasteiger partial charge in [-0.05, 0) is 25.0 Å². The molecule has 0 saturated heterocycles. The zero-order valence-corrected chi connectivity index (χ0v) is 11.4. The zero-order chi connectivity index (χ0) is 13.5. The molecule has 0 radical (unpaired) electrons. The van der Waals surface area contributed by atoms with Crippen molar-refractivity contribution in [3.05, 3.63) is 29.8 Å². The Kier molecular flexibility index (Phi) is 5.74. The third kappa shape index (κ3) is 4.09. The van der Waals surface area contributed by atoms with Gasteiger partial charge in [0.05, 0.1) is 17.5 Å². The number of hydrogen-bond donors (Lipinski definition) is 2. The maximum atomic E-state index is 11.9. The number of carbonyl (C=O) groups is 1. The van der Waals surface area contributed by atoms with Crippen molar-refractivity contribution in [2.24, 2.45) is 11.7 Å². The summed E-state index contributed by atoms with van der Waals surface area (Å²) in [4.78, 5) is 12.1. The summed E-state index contributed by atoms with van der Waals surface area (Å²) in [7, 11) is 1.65. The monoisotopic (exact) mass is 266 g/mol. The number of nitrogens with two attached hydrogens (primary N) is 1. The predicted octanol–water partition coefficient (Wildman–Crippen LogP) is 1.74. The summed E-state index contributed by atoms with van der Waals surface area (Å²) >= 11 is 4.81. The number of amides is 1. The molecule has 0 aliphatic heterocycles. The molecule has 0 saturated carbocycles. The molecule has 0 spiro atoms. The van der Waals surface area contributed by atoms with Crippen LogP contribution in [0.25, 0.3) is 0 Å². The van der Waals surface area contributed by atoms with E-state index in [0.717, 1.165) is 17.7 Å². The van der Waals surface area contributed by atoms with Crippen molar-refractivity contribution in [2.75, 3.05) is 19.0 Å². The quantitative estimate of drug-likeness (QED) is 0.770. The molecule has 0 heterocycles. The first-order valence-corrected chi connectivity index (χ1v) is 6.14. The van der Waals surface area contributed by atoms with Crippen LogP contribution < -0.4 is 11.1 Å². The minimum absolute atomic E-state index is 0.188. The van der Waals surface area contributed by atoms with Crippen molar-refractivity contribution < 1.29 is 9.53 Å². The molecule has 1 unspecified atom stereocenters. The highest BCUT2D eigenvalue weighted by Gasteiger charge is 2.16. The van der Waals surface area contributed by atoms with Gasteiger partial charge in [-0.2, -0.15) is 0 Å². The Balaban J connectivity index is 2.77. The van der Waals surface area contributed by atoms with Gasteiger partial charge >= 0.3 is 0 Å². The van der Waals surface area contributed by atoms with E-state index in [2.05, 4.69) is 5.32 Å². The molecule has 0 aliphatic carbocycles. The molecular formula is C13H18N2O2S. The van der Waals surface area contributed by atoms with E-state index in [9.17, 15) is 4.79 Å². The topological polar surface area (TPSA) is 64.3 Å². The molecule has 4 nitrogen and oxygen atoms in total. The molecule has 1 aromatic carbocycles. The molecule has 0 aromatic heterocycles. The van der Waals surface area contributed by atoms with Crippen molar-refractivity contribution in [1.82, 2.24) is 0 Å². The van der Waals surface area contributed by atoms with Gasteiger partial charge < -0.3 is 15.8 Å². The summed E-state index contributed by atoms with van der Waals surface area (Å²) in [5.74, 6) is -0.664. The maximum Gasteiger partial charge on any atom is 0.234 e. The molecule has 0 bridgehead atoms. The van der Waals surface area contributed by atoms with Gasteiger partial charge in [0.1, 0.15) is 0 Å². The summed E-state index contributed by atoms with van der Waals surface area (Å²) in [6.07, 6.45) is 0.744. The summed E-state index contributed by atoms with van der Waals surface area (Å²) < 4.78 is 5.04. The van der Waals surface area contributed by atoms with Crippen LogP contribution in [0.15, 0.2) is 24.3 Å². The Morgan fingerprint density at radius 1 is 1.50 bits per heavy atom. The lowest BCUT2D eigenvalue weighted by Crippen LogP contribution is -2.31. The van der Waals surface area contributed by atoms with Crippen molar-refractivity contribution in [3.63, 3.8) is 0 Å². The van der Waals surface area contributed by atoms with Gasteiger partial charge in [-0.3, -0.25) is 4.79 Å². The number of ether oxygens (including phenoxy) is 1. The maximum absolute atomic E-state index is 11.9.